The van der Waals surface area contributed by atoms with Gasteiger partial charge in [0.05, 0.1) is 0 Å². The molecule has 4 nitrogen and oxygen atoms in total. The van der Waals surface area contributed by atoms with Gasteiger partial charge >= 0.3 is 39.0 Å². The number of phosphoric acid groups is 1. The van der Waals surface area contributed by atoms with E-state index in [0.717, 1.165) is 0 Å². The molecule has 0 amide bonds. The maximum absolute atomic E-state index is 11.6. The maximum atomic E-state index is 11.6. The Morgan fingerprint density at radius 2 is 1.27 bits per heavy atom. The zero-order valence-corrected chi connectivity index (χ0v) is 6.90. The first kappa shape index (κ1) is 17.7. The first-order chi connectivity index (χ1) is 5.84. The van der Waals surface area contributed by atoms with E-state index in [1.807, 2.05) is 0 Å². The summed E-state index contributed by atoms with van der Waals surface area (Å²) in [5.74, 6) is 0. The van der Waals surface area contributed by atoms with E-state index >= 15 is 0 Å². The standard InChI is InChI=1S/C3H3F6O4P.Li.H/c4-2(5,6)1(3(7,8)9)13-14(10,11)12;;/h1H,(H2,10,11,12);;. The Kier molecular flexibility index (Phi) is 5.98. The van der Waals surface area contributed by atoms with Crippen molar-refractivity contribution in [3.8, 4) is 0 Å². The third-order valence-corrected chi connectivity index (χ3v) is 1.32. The summed E-state index contributed by atoms with van der Waals surface area (Å²) in [4.78, 5) is 15.6. The van der Waals surface area contributed by atoms with Crippen molar-refractivity contribution >= 4 is 26.7 Å². The van der Waals surface area contributed by atoms with Crippen molar-refractivity contribution < 1.29 is 45.2 Å². The van der Waals surface area contributed by atoms with Crippen LogP contribution in [0.1, 0.15) is 0 Å². The van der Waals surface area contributed by atoms with Crippen molar-refractivity contribution in [3.63, 3.8) is 0 Å². The molecule has 0 unspecified atom stereocenters. The van der Waals surface area contributed by atoms with Crippen LogP contribution in [0.25, 0.3) is 0 Å². The summed E-state index contributed by atoms with van der Waals surface area (Å²) >= 11 is 0. The summed E-state index contributed by atoms with van der Waals surface area (Å²) in [7, 11) is -5.85. The number of phosphoric ester groups is 1. The zero-order chi connectivity index (χ0) is 11.8. The molecule has 88 valence electrons. The van der Waals surface area contributed by atoms with Gasteiger partial charge in [-0.15, -0.1) is 0 Å². The molecule has 0 aliphatic carbocycles. The Hall–Kier alpha value is 0.287. The summed E-state index contributed by atoms with van der Waals surface area (Å²) in [5.41, 5.74) is 0. The van der Waals surface area contributed by atoms with Crippen molar-refractivity contribution in [3.05, 3.63) is 0 Å². The van der Waals surface area contributed by atoms with Crippen molar-refractivity contribution in [1.82, 2.24) is 0 Å². The average molecular weight is 256 g/mol. The molecular formula is C3H4F6LiO4P. The zero-order valence-electron chi connectivity index (χ0n) is 6.00. The van der Waals surface area contributed by atoms with Crippen LogP contribution in [0.3, 0.4) is 0 Å². The quantitative estimate of drug-likeness (QED) is 0.438. The van der Waals surface area contributed by atoms with Gasteiger partial charge in [-0.1, -0.05) is 0 Å². The van der Waals surface area contributed by atoms with E-state index in [9.17, 15) is 30.9 Å². The SMILES string of the molecule is O=P(O)(O)OC(C(F)(F)F)C(F)(F)F.[LiH]. The van der Waals surface area contributed by atoms with E-state index in [1.165, 1.54) is 0 Å². The Labute approximate surface area is 91.0 Å². The van der Waals surface area contributed by atoms with Crippen LogP contribution in [0.5, 0.6) is 0 Å². The molecule has 15 heavy (non-hydrogen) atoms. The molecule has 0 fully saturated rings. The summed E-state index contributed by atoms with van der Waals surface area (Å²) in [6.45, 7) is 0. The Bertz CT molecular complexity index is 230. The summed E-state index contributed by atoms with van der Waals surface area (Å²) in [6, 6.07) is 0. The molecule has 0 atom stereocenters. The van der Waals surface area contributed by atoms with Gasteiger partial charge in [-0.3, -0.25) is 4.52 Å². The van der Waals surface area contributed by atoms with Gasteiger partial charge < -0.3 is 9.79 Å². The van der Waals surface area contributed by atoms with Crippen LogP contribution < -0.4 is 0 Å². The normalized spacial score (nSPS) is 13.9. The van der Waals surface area contributed by atoms with Crippen LogP contribution in [0.2, 0.25) is 0 Å². The minimum atomic E-state index is -5.93. The predicted molar refractivity (Wildman–Crippen MR) is 36.2 cm³/mol. The first-order valence-electron chi connectivity index (χ1n) is 2.71. The van der Waals surface area contributed by atoms with Gasteiger partial charge in [-0.2, -0.15) is 26.3 Å². The molecule has 0 bridgehead atoms. The molecule has 0 aliphatic heterocycles. The molecule has 0 saturated heterocycles. The fraction of sp³-hybridized carbons (Fsp3) is 1.00. The molecule has 0 radical (unpaired) electrons. The van der Waals surface area contributed by atoms with Gasteiger partial charge in [0.15, 0.2) is 0 Å². The summed E-state index contributed by atoms with van der Waals surface area (Å²) in [5, 5.41) is 0. The number of hydrogen-bond acceptors (Lipinski definition) is 2. The van der Waals surface area contributed by atoms with E-state index in [2.05, 4.69) is 4.52 Å². The minimum absolute atomic E-state index is 0. The number of rotatable bonds is 2. The van der Waals surface area contributed by atoms with E-state index in [-0.39, 0.29) is 18.9 Å². The van der Waals surface area contributed by atoms with E-state index in [0.29, 0.717) is 0 Å². The molecule has 2 N–H and O–H groups in total. The molecular weight excluding hydrogens is 252 g/mol. The third kappa shape index (κ3) is 7.22. The second-order valence-corrected chi connectivity index (χ2v) is 3.25. The van der Waals surface area contributed by atoms with Gasteiger partial charge in [-0.25, -0.2) is 4.57 Å². The molecule has 0 saturated carbocycles. The molecule has 12 heteroatoms. The summed E-state index contributed by atoms with van der Waals surface area (Å²) in [6.07, 6.45) is -16.4. The van der Waals surface area contributed by atoms with Crippen LogP contribution >= 0.6 is 7.82 Å². The predicted octanol–water partition coefficient (Wildman–Crippen LogP) is 0.940. The number of halogens is 6. The van der Waals surface area contributed by atoms with Gasteiger partial charge in [0.2, 0.25) is 0 Å². The van der Waals surface area contributed by atoms with E-state index < -0.39 is 26.3 Å². The van der Waals surface area contributed by atoms with Crippen LogP contribution in [-0.4, -0.2) is 47.1 Å². The molecule has 0 aromatic heterocycles. The van der Waals surface area contributed by atoms with E-state index in [1.54, 1.807) is 0 Å². The van der Waals surface area contributed by atoms with Crippen molar-refractivity contribution in [2.75, 3.05) is 0 Å². The van der Waals surface area contributed by atoms with Gasteiger partial charge in [0.1, 0.15) is 0 Å². The monoisotopic (exact) mass is 256 g/mol. The first-order valence-corrected chi connectivity index (χ1v) is 4.24. The molecule has 0 aromatic rings. The Balaban J connectivity index is 0. The molecule has 0 aromatic carbocycles. The fourth-order valence-electron chi connectivity index (χ4n) is 0.442. The average Bonchev–Trinajstić information content (AvgIpc) is 1.75. The van der Waals surface area contributed by atoms with Crippen molar-refractivity contribution in [2.45, 2.75) is 18.5 Å². The fourth-order valence-corrected chi connectivity index (χ4v) is 0.956. The van der Waals surface area contributed by atoms with Crippen LogP contribution in [0.4, 0.5) is 26.3 Å². The Morgan fingerprint density at radius 3 is 1.33 bits per heavy atom. The van der Waals surface area contributed by atoms with Gasteiger partial charge in [-0.05, 0) is 0 Å². The van der Waals surface area contributed by atoms with Crippen LogP contribution in [0, 0.1) is 0 Å². The molecule has 0 heterocycles. The topological polar surface area (TPSA) is 66.8 Å². The van der Waals surface area contributed by atoms with Crippen LogP contribution in [0.15, 0.2) is 0 Å². The van der Waals surface area contributed by atoms with Gasteiger partial charge in [0, 0.05) is 0 Å². The van der Waals surface area contributed by atoms with Crippen molar-refractivity contribution in [1.29, 1.82) is 0 Å². The van der Waals surface area contributed by atoms with Crippen molar-refractivity contribution in [2.24, 2.45) is 0 Å². The summed E-state index contributed by atoms with van der Waals surface area (Å²) < 4.78 is 81.7. The number of alkyl halides is 6. The second-order valence-electron chi connectivity index (χ2n) is 2.06. The van der Waals surface area contributed by atoms with Crippen LogP contribution in [-0.2, 0) is 9.09 Å². The molecule has 0 rings (SSSR count). The Morgan fingerprint density at radius 1 is 1.00 bits per heavy atom. The van der Waals surface area contributed by atoms with Gasteiger partial charge in [0.25, 0.3) is 6.10 Å². The number of hydrogen-bond donors (Lipinski definition) is 2. The molecule has 0 spiro atoms. The molecule has 0 aliphatic rings. The van der Waals surface area contributed by atoms with E-state index in [4.69, 9.17) is 9.79 Å². The third-order valence-electron chi connectivity index (χ3n) is 0.837. The second kappa shape index (κ2) is 5.08.